The second-order valence-corrected chi connectivity index (χ2v) is 15.3. The third kappa shape index (κ3) is 4.43. The van der Waals surface area contributed by atoms with Crippen LogP contribution in [0.2, 0.25) is 0 Å². The van der Waals surface area contributed by atoms with Gasteiger partial charge in [0, 0.05) is 12.1 Å². The molecule has 4 aromatic rings. The van der Waals surface area contributed by atoms with Gasteiger partial charge < -0.3 is 25.0 Å². The number of aromatic amines is 1. The van der Waals surface area contributed by atoms with Gasteiger partial charge in [-0.15, -0.1) is 0 Å². The van der Waals surface area contributed by atoms with Gasteiger partial charge in [-0.2, -0.15) is 0 Å². The lowest BCUT2D eigenvalue weighted by Crippen LogP contribution is -2.51. The quantitative estimate of drug-likeness (QED) is 0.197. The van der Waals surface area contributed by atoms with Crippen molar-refractivity contribution in [2.45, 2.75) is 95.1 Å². The van der Waals surface area contributed by atoms with E-state index in [1.54, 1.807) is 0 Å². The van der Waals surface area contributed by atoms with E-state index in [4.69, 9.17) is 9.72 Å². The highest BCUT2D eigenvalue weighted by Crippen LogP contribution is 2.61. The summed E-state index contributed by atoms with van der Waals surface area (Å²) < 4.78 is 4.80. The number of nitrogens with one attached hydrogen (secondary N) is 2. The summed E-state index contributed by atoms with van der Waals surface area (Å²) in [5.74, 6) is 3.52. The Morgan fingerprint density at radius 1 is 0.958 bits per heavy atom. The van der Waals surface area contributed by atoms with Crippen LogP contribution in [0.4, 0.5) is 4.79 Å². The first-order chi connectivity index (χ1) is 23.3. The van der Waals surface area contributed by atoms with E-state index < -0.39 is 12.1 Å². The lowest BCUT2D eigenvalue weighted by Gasteiger charge is -2.31. The molecule has 3 fully saturated rings. The number of methoxy groups -OCH3 is 1. The van der Waals surface area contributed by atoms with Crippen molar-refractivity contribution in [3.63, 3.8) is 0 Å². The first-order valence-electron chi connectivity index (χ1n) is 18.0. The summed E-state index contributed by atoms with van der Waals surface area (Å²) in [5.41, 5.74) is 12.8. The normalized spacial score (nSPS) is 25.6. The molecule has 3 aromatic carbocycles. The zero-order valence-corrected chi connectivity index (χ0v) is 28.0. The fourth-order valence-corrected chi connectivity index (χ4v) is 10.0. The molecule has 2 heterocycles. The van der Waals surface area contributed by atoms with Crippen LogP contribution in [0.25, 0.3) is 33.3 Å². The van der Waals surface area contributed by atoms with Crippen molar-refractivity contribution in [1.82, 2.24) is 20.2 Å². The summed E-state index contributed by atoms with van der Waals surface area (Å²) in [4.78, 5) is 36.2. The standard InChI is InChI=1S/C40H44N4O4/c1-20(2)37(43-40(47)48-3)39(46)44-16-4-5-32(44)38-41-30-14-9-22(19-31(30)42-38)26-11-12-27(29-18-21-8-10-25(21)36(26)29)28-13-15-33(45)35-24-7-6-23(17-24)34(28)35/h9,11-15,19-21,23-25,32,37,45H,4-8,10,16-18H2,1-3H3,(H,41,42)(H,43,47). The molecule has 3 N–H and O–H groups in total. The number of likely N-dealkylation sites (tertiary alicyclic amines) is 1. The number of carbonyl (C=O) groups is 2. The van der Waals surface area contributed by atoms with Gasteiger partial charge in [-0.05, 0) is 138 Å². The Hall–Kier alpha value is -4.33. The number of hydrogen-bond donors (Lipinski definition) is 3. The van der Waals surface area contributed by atoms with Crippen molar-refractivity contribution in [2.24, 2.45) is 11.8 Å². The molecule has 2 bridgehead atoms. The number of imidazole rings is 1. The molecule has 5 aliphatic rings. The monoisotopic (exact) mass is 644 g/mol. The molecule has 2 amide bonds. The molecule has 9 rings (SSSR count). The Kier molecular flexibility index (Phi) is 6.89. The minimum absolute atomic E-state index is 0.0791. The van der Waals surface area contributed by atoms with Gasteiger partial charge in [0.25, 0.3) is 0 Å². The summed E-state index contributed by atoms with van der Waals surface area (Å²) in [6.07, 6.45) is 8.41. The fraction of sp³-hybridized carbons (Fsp3) is 0.475. The van der Waals surface area contributed by atoms with E-state index in [1.807, 2.05) is 24.8 Å². The first-order valence-corrected chi connectivity index (χ1v) is 18.0. The number of aromatic hydroxyl groups is 1. The lowest BCUT2D eigenvalue weighted by atomic mass is 9.73. The van der Waals surface area contributed by atoms with Gasteiger partial charge in [0.2, 0.25) is 5.91 Å². The number of alkyl carbamates (subject to hydrolysis) is 1. The summed E-state index contributed by atoms with van der Waals surface area (Å²) in [5, 5.41) is 13.6. The Bertz CT molecular complexity index is 1980. The number of carbonyl (C=O) groups excluding carboxylic acids is 2. The molecule has 8 heteroatoms. The minimum Gasteiger partial charge on any atom is -0.508 e. The zero-order chi connectivity index (χ0) is 32.8. The number of ether oxygens (including phenoxy) is 1. The smallest absolute Gasteiger partial charge is 0.407 e. The average Bonchev–Trinajstić information content (AvgIpc) is 3.91. The van der Waals surface area contributed by atoms with Gasteiger partial charge in [0.05, 0.1) is 24.2 Å². The van der Waals surface area contributed by atoms with Crippen molar-refractivity contribution in [3.8, 4) is 28.0 Å². The molecule has 2 saturated carbocycles. The zero-order valence-electron chi connectivity index (χ0n) is 28.0. The number of benzene rings is 3. The van der Waals surface area contributed by atoms with E-state index in [1.165, 1.54) is 83.7 Å². The summed E-state index contributed by atoms with van der Waals surface area (Å²) >= 11 is 0. The van der Waals surface area contributed by atoms with E-state index in [2.05, 4.69) is 46.7 Å². The molecule has 8 nitrogen and oxygen atoms in total. The number of H-pyrrole nitrogens is 1. The van der Waals surface area contributed by atoms with Crippen molar-refractivity contribution in [1.29, 1.82) is 0 Å². The Balaban J connectivity index is 1.06. The second-order valence-electron chi connectivity index (χ2n) is 15.3. The van der Waals surface area contributed by atoms with Crippen LogP contribution in [0.15, 0.2) is 42.5 Å². The molecule has 0 radical (unpaired) electrons. The number of hydrogen-bond acceptors (Lipinski definition) is 5. The van der Waals surface area contributed by atoms with Gasteiger partial charge in [-0.25, -0.2) is 9.78 Å². The number of aromatic nitrogens is 2. The topological polar surface area (TPSA) is 108 Å². The summed E-state index contributed by atoms with van der Waals surface area (Å²) in [7, 11) is 1.32. The van der Waals surface area contributed by atoms with Crippen LogP contribution in [0.5, 0.6) is 5.75 Å². The molecule has 0 spiro atoms. The van der Waals surface area contributed by atoms with Crippen LogP contribution in [-0.2, 0) is 16.0 Å². The van der Waals surface area contributed by atoms with Crippen LogP contribution in [0, 0.1) is 11.8 Å². The van der Waals surface area contributed by atoms with Crippen LogP contribution in [-0.4, -0.2) is 51.7 Å². The number of phenols is 1. The largest absolute Gasteiger partial charge is 0.508 e. The predicted molar refractivity (Wildman–Crippen MR) is 185 cm³/mol. The van der Waals surface area contributed by atoms with E-state index in [-0.39, 0.29) is 17.9 Å². The maximum atomic E-state index is 13.7. The number of phenolic OH excluding ortho intramolecular Hbond substituents is 1. The number of nitrogens with zero attached hydrogens (tertiary/aromatic N) is 2. The third-order valence-electron chi connectivity index (χ3n) is 12.5. The van der Waals surface area contributed by atoms with Gasteiger partial charge in [0.1, 0.15) is 17.6 Å². The third-order valence-corrected chi connectivity index (χ3v) is 12.5. The van der Waals surface area contributed by atoms with Crippen molar-refractivity contribution in [3.05, 3.63) is 70.5 Å². The highest BCUT2D eigenvalue weighted by molar-refractivity contribution is 5.88. The van der Waals surface area contributed by atoms with Crippen LogP contribution in [0.3, 0.4) is 0 Å². The first kappa shape index (κ1) is 29.8. The van der Waals surface area contributed by atoms with E-state index in [0.717, 1.165) is 42.0 Å². The fourth-order valence-electron chi connectivity index (χ4n) is 10.0. The van der Waals surface area contributed by atoms with Gasteiger partial charge in [0.15, 0.2) is 0 Å². The van der Waals surface area contributed by atoms with E-state index >= 15 is 0 Å². The lowest BCUT2D eigenvalue weighted by molar-refractivity contribution is -0.135. The highest BCUT2D eigenvalue weighted by Gasteiger charge is 2.44. The molecule has 1 saturated heterocycles. The molecule has 248 valence electrons. The van der Waals surface area contributed by atoms with Crippen LogP contribution in [0.1, 0.15) is 111 Å². The highest BCUT2D eigenvalue weighted by atomic mass is 16.5. The summed E-state index contributed by atoms with van der Waals surface area (Å²) in [6.45, 7) is 4.50. The van der Waals surface area contributed by atoms with Crippen LogP contribution >= 0.6 is 0 Å². The molecule has 4 aliphatic carbocycles. The molecular formula is C40H44N4O4. The number of fused-ring (bicyclic) bond motifs is 9. The minimum atomic E-state index is -0.660. The Morgan fingerprint density at radius 3 is 2.52 bits per heavy atom. The maximum Gasteiger partial charge on any atom is 0.407 e. The van der Waals surface area contributed by atoms with Crippen molar-refractivity contribution >= 4 is 23.0 Å². The Labute approximate surface area is 281 Å². The van der Waals surface area contributed by atoms with E-state index in [0.29, 0.717) is 30.0 Å². The SMILES string of the molecule is COC(=O)NC(C(=O)N1CCCC1c1nc2ccc(-c3ccc(-c4ccc(O)c5c4C4CCC5C4)c4c3C3CCC3C4)cc2[nH]1)C(C)C. The second kappa shape index (κ2) is 11.1. The molecule has 6 atom stereocenters. The summed E-state index contributed by atoms with van der Waals surface area (Å²) in [6, 6.07) is 14.6. The number of amides is 2. The molecular weight excluding hydrogens is 600 g/mol. The van der Waals surface area contributed by atoms with E-state index in [9.17, 15) is 14.7 Å². The molecule has 48 heavy (non-hydrogen) atoms. The molecule has 1 aromatic heterocycles. The van der Waals surface area contributed by atoms with Gasteiger partial charge >= 0.3 is 6.09 Å². The van der Waals surface area contributed by atoms with Crippen LogP contribution < -0.4 is 5.32 Å². The van der Waals surface area contributed by atoms with Crippen molar-refractivity contribution < 1.29 is 19.4 Å². The van der Waals surface area contributed by atoms with Gasteiger partial charge in [-0.3, -0.25) is 4.79 Å². The Morgan fingerprint density at radius 2 is 1.75 bits per heavy atom. The number of rotatable bonds is 6. The van der Waals surface area contributed by atoms with Crippen molar-refractivity contribution in [2.75, 3.05) is 13.7 Å². The van der Waals surface area contributed by atoms with Gasteiger partial charge in [-0.1, -0.05) is 38.1 Å². The average molecular weight is 645 g/mol. The molecule has 6 unspecified atom stereocenters. The predicted octanol–water partition coefficient (Wildman–Crippen LogP) is 8.06. The molecule has 1 aliphatic heterocycles. The maximum absolute atomic E-state index is 13.7.